The van der Waals surface area contributed by atoms with Gasteiger partial charge in [0.05, 0.1) is 16.2 Å². The Hall–Kier alpha value is -3.73. The van der Waals surface area contributed by atoms with Gasteiger partial charge in [0.15, 0.2) is 5.82 Å². The van der Waals surface area contributed by atoms with Crippen LogP contribution in [0.5, 0.6) is 0 Å². The summed E-state index contributed by atoms with van der Waals surface area (Å²) in [6.07, 6.45) is 4.39. The summed E-state index contributed by atoms with van der Waals surface area (Å²) in [7, 11) is 0. The summed E-state index contributed by atoms with van der Waals surface area (Å²) in [5.41, 5.74) is 2.34. The molecule has 140 valence electrons. The molecular weight excluding hydrogens is 356 g/mol. The molecule has 3 aromatic rings. The highest BCUT2D eigenvalue weighted by molar-refractivity contribution is 5.71. The normalized spacial score (nSPS) is 13.2. The molecule has 0 saturated carbocycles. The minimum atomic E-state index is -0.512. The molecule has 28 heavy (non-hydrogen) atoms. The van der Waals surface area contributed by atoms with Crippen LogP contribution < -0.4 is 5.32 Å². The molecular formula is C20H18N6O2. The Morgan fingerprint density at radius 3 is 2.86 bits per heavy atom. The van der Waals surface area contributed by atoms with Crippen molar-refractivity contribution >= 4 is 17.1 Å². The first-order valence-electron chi connectivity index (χ1n) is 9.14. The van der Waals surface area contributed by atoms with E-state index < -0.39 is 4.92 Å². The largest absolute Gasteiger partial charge is 0.354 e. The lowest BCUT2D eigenvalue weighted by Crippen LogP contribution is -2.03. The first-order valence-corrected chi connectivity index (χ1v) is 9.14. The predicted octanol–water partition coefficient (Wildman–Crippen LogP) is 4.19. The van der Waals surface area contributed by atoms with E-state index in [1.54, 1.807) is 6.07 Å². The van der Waals surface area contributed by atoms with E-state index in [4.69, 9.17) is 0 Å². The quantitative estimate of drug-likeness (QED) is 0.541. The minimum absolute atomic E-state index is 0.109. The zero-order valence-electron chi connectivity index (χ0n) is 15.1. The van der Waals surface area contributed by atoms with E-state index in [1.165, 1.54) is 18.6 Å². The van der Waals surface area contributed by atoms with Crippen LogP contribution in [0.4, 0.5) is 17.1 Å². The van der Waals surface area contributed by atoms with Crippen molar-refractivity contribution in [3.05, 3.63) is 64.0 Å². The number of non-ortho nitro benzene ring substituents is 1. The number of nitriles is 1. The molecule has 1 aliphatic rings. The molecule has 0 bridgehead atoms. The molecule has 0 amide bonds. The molecule has 0 spiro atoms. The van der Waals surface area contributed by atoms with Gasteiger partial charge in [0.2, 0.25) is 0 Å². The SMILES string of the molecule is N#Cc1cc([N+](=O)[O-])ccc1Nc1cccc(-c2nnc3n2CCCCC3)c1. The molecule has 0 radical (unpaired) electrons. The molecule has 1 aromatic heterocycles. The minimum Gasteiger partial charge on any atom is -0.354 e. The number of benzene rings is 2. The van der Waals surface area contributed by atoms with Gasteiger partial charge in [0, 0.05) is 36.3 Å². The number of anilines is 2. The highest BCUT2D eigenvalue weighted by Crippen LogP contribution is 2.28. The van der Waals surface area contributed by atoms with Crippen LogP contribution in [0.15, 0.2) is 42.5 Å². The number of nitrogens with zero attached hydrogens (tertiary/aromatic N) is 5. The molecule has 2 aromatic carbocycles. The van der Waals surface area contributed by atoms with Crippen molar-refractivity contribution in [3.8, 4) is 17.5 Å². The highest BCUT2D eigenvalue weighted by Gasteiger charge is 2.16. The Labute approximate surface area is 161 Å². The zero-order chi connectivity index (χ0) is 19.5. The third-order valence-corrected chi connectivity index (χ3v) is 4.84. The van der Waals surface area contributed by atoms with Gasteiger partial charge in [-0.2, -0.15) is 5.26 Å². The van der Waals surface area contributed by atoms with Gasteiger partial charge in [0.1, 0.15) is 11.9 Å². The first-order chi connectivity index (χ1) is 13.7. The van der Waals surface area contributed by atoms with Crippen LogP contribution in [-0.2, 0) is 13.0 Å². The number of nitro benzene ring substituents is 1. The number of hydrogen-bond donors (Lipinski definition) is 1. The number of nitrogens with one attached hydrogen (secondary N) is 1. The fraction of sp³-hybridized carbons (Fsp3) is 0.250. The Bertz CT molecular complexity index is 1080. The summed E-state index contributed by atoms with van der Waals surface area (Å²) < 4.78 is 2.18. The third-order valence-electron chi connectivity index (χ3n) is 4.84. The lowest BCUT2D eigenvalue weighted by atomic mass is 10.1. The van der Waals surface area contributed by atoms with E-state index in [0.29, 0.717) is 5.69 Å². The monoisotopic (exact) mass is 374 g/mol. The molecule has 2 heterocycles. The Morgan fingerprint density at radius 1 is 1.14 bits per heavy atom. The molecule has 0 unspecified atom stereocenters. The standard InChI is InChI=1S/C20H18N6O2/c21-13-15-12-17(26(27)28)8-9-18(15)22-16-6-4-5-14(11-16)20-24-23-19-7-2-1-3-10-25(19)20/h4-6,8-9,11-12,22H,1-3,7,10H2. The molecule has 0 fully saturated rings. The maximum absolute atomic E-state index is 10.9. The molecule has 1 N–H and O–H groups in total. The molecule has 0 saturated heterocycles. The van der Waals surface area contributed by atoms with Crippen molar-refractivity contribution in [2.45, 2.75) is 32.2 Å². The molecule has 0 aliphatic carbocycles. The van der Waals surface area contributed by atoms with Crippen LogP contribution in [-0.4, -0.2) is 19.7 Å². The van der Waals surface area contributed by atoms with Crippen molar-refractivity contribution in [2.24, 2.45) is 0 Å². The van der Waals surface area contributed by atoms with Gasteiger partial charge in [0.25, 0.3) is 5.69 Å². The van der Waals surface area contributed by atoms with Crippen LogP contribution in [0, 0.1) is 21.4 Å². The molecule has 0 atom stereocenters. The third kappa shape index (κ3) is 3.42. The summed E-state index contributed by atoms with van der Waals surface area (Å²) >= 11 is 0. The van der Waals surface area contributed by atoms with E-state index in [-0.39, 0.29) is 11.3 Å². The van der Waals surface area contributed by atoms with Gasteiger partial charge in [-0.3, -0.25) is 10.1 Å². The van der Waals surface area contributed by atoms with E-state index in [2.05, 4.69) is 20.1 Å². The molecule has 8 heteroatoms. The lowest BCUT2D eigenvalue weighted by molar-refractivity contribution is -0.384. The van der Waals surface area contributed by atoms with Gasteiger partial charge in [-0.1, -0.05) is 18.6 Å². The van der Waals surface area contributed by atoms with Crippen LogP contribution >= 0.6 is 0 Å². The predicted molar refractivity (Wildman–Crippen MR) is 104 cm³/mol. The van der Waals surface area contributed by atoms with Crippen molar-refractivity contribution < 1.29 is 4.92 Å². The van der Waals surface area contributed by atoms with Gasteiger partial charge >= 0.3 is 0 Å². The molecule has 4 rings (SSSR count). The van der Waals surface area contributed by atoms with E-state index in [1.807, 2.05) is 30.3 Å². The van der Waals surface area contributed by atoms with Crippen LogP contribution in [0.2, 0.25) is 0 Å². The zero-order valence-corrected chi connectivity index (χ0v) is 15.1. The molecule has 1 aliphatic heterocycles. The van der Waals surface area contributed by atoms with Crippen molar-refractivity contribution in [1.29, 1.82) is 5.26 Å². The summed E-state index contributed by atoms with van der Waals surface area (Å²) in [5, 5.41) is 32.2. The summed E-state index contributed by atoms with van der Waals surface area (Å²) in [5.74, 6) is 1.86. The van der Waals surface area contributed by atoms with E-state index in [9.17, 15) is 15.4 Å². The summed E-state index contributed by atoms with van der Waals surface area (Å²) in [6, 6.07) is 13.9. The van der Waals surface area contributed by atoms with Gasteiger partial charge < -0.3 is 9.88 Å². The average Bonchev–Trinajstić information content (AvgIpc) is 2.96. The second-order valence-corrected chi connectivity index (χ2v) is 6.71. The highest BCUT2D eigenvalue weighted by atomic mass is 16.6. The van der Waals surface area contributed by atoms with Gasteiger partial charge in [-0.05, 0) is 31.0 Å². The van der Waals surface area contributed by atoms with E-state index in [0.717, 1.165) is 48.7 Å². The first kappa shape index (κ1) is 17.7. The topological polar surface area (TPSA) is 110 Å². The van der Waals surface area contributed by atoms with Crippen molar-refractivity contribution in [3.63, 3.8) is 0 Å². The van der Waals surface area contributed by atoms with Gasteiger partial charge in [-0.25, -0.2) is 0 Å². The average molecular weight is 374 g/mol. The number of hydrogen-bond acceptors (Lipinski definition) is 6. The number of nitro groups is 1. The van der Waals surface area contributed by atoms with Crippen LogP contribution in [0.3, 0.4) is 0 Å². The fourth-order valence-corrected chi connectivity index (χ4v) is 3.44. The van der Waals surface area contributed by atoms with E-state index >= 15 is 0 Å². The van der Waals surface area contributed by atoms with Crippen molar-refractivity contribution in [2.75, 3.05) is 5.32 Å². The lowest BCUT2D eigenvalue weighted by Gasteiger charge is -2.11. The Balaban J connectivity index is 1.65. The number of fused-ring (bicyclic) bond motifs is 1. The summed E-state index contributed by atoms with van der Waals surface area (Å²) in [6.45, 7) is 0.913. The summed E-state index contributed by atoms with van der Waals surface area (Å²) in [4.78, 5) is 10.4. The smallest absolute Gasteiger partial charge is 0.270 e. The maximum Gasteiger partial charge on any atom is 0.270 e. The van der Waals surface area contributed by atoms with Crippen LogP contribution in [0.25, 0.3) is 11.4 Å². The maximum atomic E-state index is 10.9. The fourth-order valence-electron chi connectivity index (χ4n) is 3.44. The molecule has 8 nitrogen and oxygen atoms in total. The second kappa shape index (κ2) is 7.48. The Morgan fingerprint density at radius 2 is 2.04 bits per heavy atom. The number of aromatic nitrogens is 3. The number of aryl methyl sites for hydroxylation is 1. The van der Waals surface area contributed by atoms with Gasteiger partial charge in [-0.15, -0.1) is 10.2 Å². The number of rotatable bonds is 4. The Kier molecular flexibility index (Phi) is 4.72. The second-order valence-electron chi connectivity index (χ2n) is 6.71. The van der Waals surface area contributed by atoms with Crippen molar-refractivity contribution in [1.82, 2.24) is 14.8 Å². The van der Waals surface area contributed by atoms with Crippen LogP contribution in [0.1, 0.15) is 30.7 Å².